The number of carboxylic acid groups (broad SMARTS) is 1. The summed E-state index contributed by atoms with van der Waals surface area (Å²) in [7, 11) is 0. The van der Waals surface area contributed by atoms with Gasteiger partial charge < -0.3 is 5.11 Å². The van der Waals surface area contributed by atoms with E-state index < -0.39 is 11.4 Å². The van der Waals surface area contributed by atoms with E-state index in [0.717, 1.165) is 12.8 Å². The molecule has 0 aromatic heterocycles. The molecule has 3 fully saturated rings. The summed E-state index contributed by atoms with van der Waals surface area (Å²) in [6.07, 6.45) is 1.71. The first-order valence-corrected chi connectivity index (χ1v) is 7.65. The third kappa shape index (κ3) is 0.998. The number of carbonyl (C=O) groups is 1. The van der Waals surface area contributed by atoms with E-state index >= 15 is 0 Å². The first-order valence-electron chi connectivity index (χ1n) is 4.91. The molecule has 0 heterocycles. The van der Waals surface area contributed by atoms with Crippen LogP contribution in [0.15, 0.2) is 0 Å². The fourth-order valence-electron chi connectivity index (χ4n) is 3.67. The number of hydrogen-bond acceptors (Lipinski definition) is 1. The van der Waals surface area contributed by atoms with E-state index in [4.69, 9.17) is 0 Å². The number of rotatable bonds is 2. The normalized spacial score (nSPS) is 46.7. The molecule has 0 amide bonds. The van der Waals surface area contributed by atoms with Crippen molar-refractivity contribution in [3.63, 3.8) is 0 Å². The van der Waals surface area contributed by atoms with Gasteiger partial charge in [0.15, 0.2) is 0 Å². The highest BCUT2D eigenvalue weighted by Gasteiger charge is 2.83. The minimum Gasteiger partial charge on any atom is -0.481 e. The molecule has 5 heteroatoms. The van der Waals surface area contributed by atoms with Crippen LogP contribution in [-0.4, -0.2) is 19.6 Å². The van der Waals surface area contributed by atoms with Crippen LogP contribution in [0.5, 0.6) is 0 Å². The molecule has 3 atom stereocenters. The van der Waals surface area contributed by atoms with Crippen molar-refractivity contribution in [3.8, 4) is 0 Å². The van der Waals surface area contributed by atoms with Crippen molar-refractivity contribution in [2.45, 2.75) is 35.3 Å². The largest absolute Gasteiger partial charge is 0.481 e. The average Bonchev–Trinajstić information content (AvgIpc) is 2.53. The Balaban J connectivity index is 2.50. The molecule has 0 aromatic carbocycles. The molecule has 2 bridgehead atoms. The molecule has 2 nitrogen and oxygen atoms in total. The summed E-state index contributed by atoms with van der Waals surface area (Å²) in [6, 6.07) is 0. The molecule has 0 spiro atoms. The van der Waals surface area contributed by atoms with E-state index in [1.54, 1.807) is 0 Å². The molecule has 15 heavy (non-hydrogen) atoms. The van der Waals surface area contributed by atoms with Gasteiger partial charge in [-0.05, 0) is 18.3 Å². The second kappa shape index (κ2) is 3.22. The molecule has 0 unspecified atom stereocenters. The number of fused-ring (bicyclic) bond motifs is 1. The van der Waals surface area contributed by atoms with Crippen molar-refractivity contribution in [2.75, 3.05) is 0 Å². The monoisotopic (exact) mass is 402 g/mol. The third-order valence-corrected chi connectivity index (χ3v) is 8.10. The number of carboxylic acids is 1. The maximum Gasteiger partial charge on any atom is 0.311 e. The lowest BCUT2D eigenvalue weighted by Gasteiger charge is -2.65. The number of hydrogen-bond donors (Lipinski definition) is 1. The van der Waals surface area contributed by atoms with Crippen molar-refractivity contribution >= 4 is 53.8 Å². The molecule has 3 rings (SSSR count). The Bertz CT molecular complexity index is 329. The Hall–Kier alpha value is 0.910. The standard InChI is InChI=1S/C10H13Br3O2/c1-8(2)9(6(12)13)3-4-10(8,5(9)11)7(14)15/h5-6H,3-4H2,1-2H3,(H,14,15)/t5-,9-,10+/m1/s1. The molecule has 1 N–H and O–H groups in total. The summed E-state index contributed by atoms with van der Waals surface area (Å²) < 4.78 is 0.159. The zero-order chi connectivity index (χ0) is 11.6. The molecule has 0 saturated heterocycles. The van der Waals surface area contributed by atoms with Crippen LogP contribution in [-0.2, 0) is 4.79 Å². The van der Waals surface area contributed by atoms with Gasteiger partial charge in [-0.2, -0.15) is 0 Å². The smallest absolute Gasteiger partial charge is 0.311 e. The summed E-state index contributed by atoms with van der Waals surface area (Å²) >= 11 is 10.8. The summed E-state index contributed by atoms with van der Waals surface area (Å²) in [5.74, 6) is -0.664. The van der Waals surface area contributed by atoms with Crippen LogP contribution in [0, 0.1) is 16.2 Å². The minimum atomic E-state index is -0.664. The van der Waals surface area contributed by atoms with Gasteiger partial charge in [-0.3, -0.25) is 4.79 Å². The molecule has 0 aromatic rings. The minimum absolute atomic E-state index is 0.00535. The van der Waals surface area contributed by atoms with Crippen molar-refractivity contribution in [1.82, 2.24) is 0 Å². The van der Waals surface area contributed by atoms with Crippen LogP contribution in [0.1, 0.15) is 26.7 Å². The van der Waals surface area contributed by atoms with E-state index in [0.29, 0.717) is 0 Å². The predicted molar refractivity (Wildman–Crippen MR) is 69.9 cm³/mol. The second-order valence-electron chi connectivity index (χ2n) is 5.11. The Morgan fingerprint density at radius 2 is 1.93 bits per heavy atom. The van der Waals surface area contributed by atoms with Crippen molar-refractivity contribution in [1.29, 1.82) is 0 Å². The summed E-state index contributed by atoms with van der Waals surface area (Å²) in [6.45, 7) is 4.14. The van der Waals surface area contributed by atoms with Gasteiger partial charge in [0.1, 0.15) is 0 Å². The van der Waals surface area contributed by atoms with Gasteiger partial charge in [0.05, 0.1) is 9.15 Å². The highest BCUT2D eigenvalue weighted by molar-refractivity contribution is 9.24. The molecular weight excluding hydrogens is 392 g/mol. The van der Waals surface area contributed by atoms with E-state index in [1.807, 2.05) is 0 Å². The Morgan fingerprint density at radius 3 is 2.13 bits per heavy atom. The average molecular weight is 405 g/mol. The van der Waals surface area contributed by atoms with E-state index in [1.165, 1.54) is 0 Å². The van der Waals surface area contributed by atoms with E-state index in [-0.39, 0.29) is 19.4 Å². The predicted octanol–water partition coefficient (Wildman–Crippen LogP) is 3.76. The zero-order valence-corrected chi connectivity index (χ0v) is 13.3. The topological polar surface area (TPSA) is 37.3 Å². The molecule has 0 aliphatic heterocycles. The Morgan fingerprint density at radius 1 is 1.40 bits per heavy atom. The Labute approximate surface area is 115 Å². The van der Waals surface area contributed by atoms with E-state index in [9.17, 15) is 9.90 Å². The van der Waals surface area contributed by atoms with Gasteiger partial charge in [0, 0.05) is 10.2 Å². The highest BCUT2D eigenvalue weighted by atomic mass is 79.9. The zero-order valence-electron chi connectivity index (χ0n) is 8.56. The van der Waals surface area contributed by atoms with Crippen LogP contribution in [0.2, 0.25) is 0 Å². The molecular formula is C10H13Br3O2. The molecule has 3 saturated carbocycles. The Kier molecular flexibility index (Phi) is 2.66. The second-order valence-corrected chi connectivity index (χ2v) is 9.08. The van der Waals surface area contributed by atoms with Crippen LogP contribution >= 0.6 is 47.8 Å². The maximum absolute atomic E-state index is 11.5. The number of aliphatic carboxylic acids is 1. The van der Waals surface area contributed by atoms with E-state index in [2.05, 4.69) is 61.6 Å². The SMILES string of the molecule is CC1(C)[C@]2(C(Br)Br)CC[C@@]1(C(=O)O)[C@@H]2Br. The van der Waals surface area contributed by atoms with Crippen molar-refractivity contribution in [2.24, 2.45) is 16.2 Å². The lowest BCUT2D eigenvalue weighted by molar-refractivity contribution is -0.179. The number of halogens is 3. The van der Waals surface area contributed by atoms with Crippen LogP contribution in [0.25, 0.3) is 0 Å². The lowest BCUT2D eigenvalue weighted by Crippen LogP contribution is -2.70. The van der Waals surface area contributed by atoms with Gasteiger partial charge in [0.2, 0.25) is 0 Å². The fraction of sp³-hybridized carbons (Fsp3) is 0.900. The summed E-state index contributed by atoms with van der Waals surface area (Å²) in [5.41, 5.74) is -0.768. The van der Waals surface area contributed by atoms with Crippen molar-refractivity contribution in [3.05, 3.63) is 0 Å². The van der Waals surface area contributed by atoms with Crippen LogP contribution < -0.4 is 0 Å². The quantitative estimate of drug-likeness (QED) is 0.711. The van der Waals surface area contributed by atoms with Crippen LogP contribution in [0.4, 0.5) is 0 Å². The summed E-state index contributed by atoms with van der Waals surface area (Å²) in [5, 5.41) is 9.45. The first kappa shape index (κ1) is 12.4. The fourth-order valence-corrected chi connectivity index (χ4v) is 8.57. The maximum atomic E-state index is 11.5. The lowest BCUT2D eigenvalue weighted by atomic mass is 9.43. The van der Waals surface area contributed by atoms with Crippen LogP contribution in [0.3, 0.4) is 0 Å². The van der Waals surface area contributed by atoms with Gasteiger partial charge in [-0.15, -0.1) is 0 Å². The van der Waals surface area contributed by atoms with Gasteiger partial charge >= 0.3 is 5.97 Å². The molecule has 3 aliphatic rings. The summed E-state index contributed by atoms with van der Waals surface area (Å²) in [4.78, 5) is 11.5. The third-order valence-electron chi connectivity index (χ3n) is 4.87. The number of alkyl halides is 3. The first-order chi connectivity index (χ1) is 6.75. The molecule has 3 aliphatic carbocycles. The van der Waals surface area contributed by atoms with Gasteiger partial charge in [-0.25, -0.2) is 0 Å². The van der Waals surface area contributed by atoms with Crippen molar-refractivity contribution < 1.29 is 9.90 Å². The van der Waals surface area contributed by atoms with Gasteiger partial charge in [-0.1, -0.05) is 61.6 Å². The molecule has 0 radical (unpaired) electrons. The molecule has 86 valence electrons. The van der Waals surface area contributed by atoms with Gasteiger partial charge in [0.25, 0.3) is 0 Å². The highest BCUT2D eigenvalue weighted by Crippen LogP contribution is 2.82.